The van der Waals surface area contributed by atoms with E-state index >= 15 is 0 Å². The van der Waals surface area contributed by atoms with Crippen molar-refractivity contribution in [3.05, 3.63) is 54.1 Å². The number of fused-ring (bicyclic) bond motifs is 1. The number of unbranched alkanes of at least 4 members (excludes halogenated alkanes) is 1. The van der Waals surface area contributed by atoms with Crippen molar-refractivity contribution in [3.8, 4) is 11.5 Å². The van der Waals surface area contributed by atoms with Crippen LogP contribution in [0.5, 0.6) is 11.5 Å². The summed E-state index contributed by atoms with van der Waals surface area (Å²) in [6, 6.07) is 15.8. The Morgan fingerprint density at radius 2 is 1.83 bits per heavy atom. The minimum Gasteiger partial charge on any atom is -0.486 e. The molecule has 6 nitrogen and oxygen atoms in total. The van der Waals surface area contributed by atoms with Gasteiger partial charge in [-0.2, -0.15) is 0 Å². The highest BCUT2D eigenvalue weighted by Crippen LogP contribution is 2.35. The molecule has 1 saturated heterocycles. The third kappa shape index (κ3) is 4.70. The lowest BCUT2D eigenvalue weighted by Gasteiger charge is -2.22. The van der Waals surface area contributed by atoms with Gasteiger partial charge in [0.05, 0.1) is 5.92 Å². The third-order valence-corrected chi connectivity index (χ3v) is 5.37. The minimum atomic E-state index is -0.315. The summed E-state index contributed by atoms with van der Waals surface area (Å²) in [7, 11) is 0. The second kappa shape index (κ2) is 8.99. The number of benzene rings is 2. The fraction of sp³-hybridized carbons (Fsp3) is 0.391. The number of rotatable bonds is 7. The maximum Gasteiger partial charge on any atom is 0.227 e. The average molecular weight is 394 g/mol. The lowest BCUT2D eigenvalue weighted by molar-refractivity contribution is -0.126. The smallest absolute Gasteiger partial charge is 0.227 e. The summed E-state index contributed by atoms with van der Waals surface area (Å²) in [5.41, 5.74) is 2.06. The van der Waals surface area contributed by atoms with Crippen molar-refractivity contribution in [3.63, 3.8) is 0 Å². The molecule has 29 heavy (non-hydrogen) atoms. The molecular weight excluding hydrogens is 368 g/mol. The first kappa shape index (κ1) is 19.3. The predicted molar refractivity (Wildman–Crippen MR) is 110 cm³/mol. The van der Waals surface area contributed by atoms with Gasteiger partial charge in [-0.05, 0) is 37.0 Å². The van der Waals surface area contributed by atoms with Gasteiger partial charge in [0.1, 0.15) is 13.2 Å². The summed E-state index contributed by atoms with van der Waals surface area (Å²) in [5.74, 6) is 0.943. The lowest BCUT2D eigenvalue weighted by atomic mass is 10.1. The van der Waals surface area contributed by atoms with Crippen LogP contribution in [0.25, 0.3) is 0 Å². The number of carbonyl (C=O) groups excluding carboxylic acids is 2. The highest BCUT2D eigenvalue weighted by atomic mass is 16.6. The molecule has 0 aliphatic carbocycles. The Labute approximate surface area is 170 Å². The molecule has 2 aromatic rings. The number of hydrogen-bond acceptors (Lipinski definition) is 4. The zero-order valence-corrected chi connectivity index (χ0v) is 16.4. The van der Waals surface area contributed by atoms with Crippen LogP contribution in [0.3, 0.4) is 0 Å². The lowest BCUT2D eigenvalue weighted by Crippen LogP contribution is -2.33. The predicted octanol–water partition coefficient (Wildman–Crippen LogP) is 2.95. The maximum atomic E-state index is 12.5. The molecule has 0 radical (unpaired) electrons. The summed E-state index contributed by atoms with van der Waals surface area (Å²) in [6.07, 6.45) is 3.20. The molecular formula is C23H26N2O4. The van der Waals surface area contributed by atoms with Crippen LogP contribution < -0.4 is 19.7 Å². The van der Waals surface area contributed by atoms with Crippen molar-refractivity contribution >= 4 is 17.5 Å². The molecule has 1 fully saturated rings. The molecule has 2 aliphatic heterocycles. The zero-order valence-electron chi connectivity index (χ0n) is 16.4. The van der Waals surface area contributed by atoms with E-state index in [1.54, 1.807) is 4.90 Å². The SMILES string of the molecule is O=C(NCCCCc1ccccc1)C1CC(=O)N(c2ccc3c(c2)OCCO3)C1. The standard InChI is InChI=1S/C23H26N2O4/c26-22-14-18(23(27)24-11-5-4-8-17-6-2-1-3-7-17)16-25(22)19-9-10-20-21(15-19)29-13-12-28-20/h1-3,6-7,9-10,15,18H,4-5,8,11-14,16H2,(H,24,27). The second-order valence-electron chi connectivity index (χ2n) is 7.47. The van der Waals surface area contributed by atoms with Crippen LogP contribution in [0.15, 0.2) is 48.5 Å². The highest BCUT2D eigenvalue weighted by Gasteiger charge is 2.35. The Balaban J connectivity index is 1.25. The fourth-order valence-electron chi connectivity index (χ4n) is 3.79. The molecule has 2 aliphatic rings. The van der Waals surface area contributed by atoms with Crippen molar-refractivity contribution < 1.29 is 19.1 Å². The van der Waals surface area contributed by atoms with Crippen LogP contribution in [0.4, 0.5) is 5.69 Å². The largest absolute Gasteiger partial charge is 0.486 e. The Bertz CT molecular complexity index is 868. The van der Waals surface area contributed by atoms with E-state index in [-0.39, 0.29) is 24.2 Å². The van der Waals surface area contributed by atoms with Crippen molar-refractivity contribution in [1.82, 2.24) is 5.32 Å². The Morgan fingerprint density at radius 1 is 1.03 bits per heavy atom. The minimum absolute atomic E-state index is 0.0362. The van der Waals surface area contributed by atoms with Gasteiger partial charge in [0.15, 0.2) is 11.5 Å². The molecule has 2 amide bonds. The summed E-state index contributed by atoms with van der Waals surface area (Å²) < 4.78 is 11.1. The molecule has 6 heteroatoms. The van der Waals surface area contributed by atoms with Gasteiger partial charge >= 0.3 is 0 Å². The number of anilines is 1. The average Bonchev–Trinajstić information content (AvgIpc) is 3.15. The van der Waals surface area contributed by atoms with Crippen LogP contribution in [0, 0.1) is 5.92 Å². The van der Waals surface area contributed by atoms with Gasteiger partial charge in [-0.15, -0.1) is 0 Å². The van der Waals surface area contributed by atoms with E-state index in [0.29, 0.717) is 37.8 Å². The number of carbonyl (C=O) groups is 2. The molecule has 2 aromatic carbocycles. The number of aryl methyl sites for hydroxylation is 1. The van der Waals surface area contributed by atoms with Crippen molar-refractivity contribution in [2.24, 2.45) is 5.92 Å². The van der Waals surface area contributed by atoms with Crippen LogP contribution >= 0.6 is 0 Å². The Hall–Kier alpha value is -3.02. The first-order valence-corrected chi connectivity index (χ1v) is 10.2. The van der Waals surface area contributed by atoms with Crippen molar-refractivity contribution in [2.45, 2.75) is 25.7 Å². The topological polar surface area (TPSA) is 67.9 Å². The van der Waals surface area contributed by atoms with E-state index in [1.807, 2.05) is 36.4 Å². The summed E-state index contributed by atoms with van der Waals surface area (Å²) in [4.78, 5) is 26.6. The van der Waals surface area contributed by atoms with Crippen LogP contribution in [-0.4, -0.2) is 38.1 Å². The molecule has 152 valence electrons. The van der Waals surface area contributed by atoms with E-state index in [0.717, 1.165) is 24.9 Å². The second-order valence-corrected chi connectivity index (χ2v) is 7.47. The number of nitrogens with one attached hydrogen (secondary N) is 1. The van der Waals surface area contributed by atoms with E-state index in [4.69, 9.17) is 9.47 Å². The van der Waals surface area contributed by atoms with Gasteiger partial charge in [0.25, 0.3) is 0 Å². The molecule has 0 spiro atoms. The van der Waals surface area contributed by atoms with Crippen molar-refractivity contribution in [2.75, 3.05) is 31.2 Å². The highest BCUT2D eigenvalue weighted by molar-refractivity contribution is 6.00. The van der Waals surface area contributed by atoms with Gasteiger partial charge < -0.3 is 19.7 Å². The first-order chi connectivity index (χ1) is 14.2. The Kier molecular flexibility index (Phi) is 5.98. The fourth-order valence-corrected chi connectivity index (χ4v) is 3.79. The summed E-state index contributed by atoms with van der Waals surface area (Å²) in [6.45, 7) is 2.07. The van der Waals surface area contributed by atoms with E-state index in [2.05, 4.69) is 17.4 Å². The zero-order chi connectivity index (χ0) is 20.1. The maximum absolute atomic E-state index is 12.5. The first-order valence-electron chi connectivity index (χ1n) is 10.2. The molecule has 1 atom stereocenters. The molecule has 2 heterocycles. The quantitative estimate of drug-likeness (QED) is 0.733. The van der Waals surface area contributed by atoms with Gasteiger partial charge in [-0.1, -0.05) is 30.3 Å². The number of hydrogen-bond donors (Lipinski definition) is 1. The van der Waals surface area contributed by atoms with E-state index in [9.17, 15) is 9.59 Å². The molecule has 0 aromatic heterocycles. The number of amides is 2. The summed E-state index contributed by atoms with van der Waals surface area (Å²) in [5, 5.41) is 2.99. The monoisotopic (exact) mass is 394 g/mol. The molecule has 1 N–H and O–H groups in total. The van der Waals surface area contributed by atoms with Gasteiger partial charge in [-0.3, -0.25) is 9.59 Å². The van der Waals surface area contributed by atoms with Gasteiger partial charge in [0.2, 0.25) is 11.8 Å². The van der Waals surface area contributed by atoms with E-state index in [1.165, 1.54) is 5.56 Å². The van der Waals surface area contributed by atoms with Crippen LogP contribution in [-0.2, 0) is 16.0 Å². The van der Waals surface area contributed by atoms with Crippen molar-refractivity contribution in [1.29, 1.82) is 0 Å². The van der Waals surface area contributed by atoms with Crippen LogP contribution in [0.1, 0.15) is 24.8 Å². The molecule has 0 saturated carbocycles. The van der Waals surface area contributed by atoms with Gasteiger partial charge in [0, 0.05) is 31.3 Å². The van der Waals surface area contributed by atoms with Gasteiger partial charge in [-0.25, -0.2) is 0 Å². The third-order valence-electron chi connectivity index (χ3n) is 5.37. The number of ether oxygens (including phenoxy) is 2. The molecule has 0 bridgehead atoms. The van der Waals surface area contributed by atoms with Crippen LogP contribution in [0.2, 0.25) is 0 Å². The molecule has 4 rings (SSSR count). The molecule has 1 unspecified atom stereocenters. The van der Waals surface area contributed by atoms with E-state index < -0.39 is 0 Å². The normalized spacial score (nSPS) is 18.0. The summed E-state index contributed by atoms with van der Waals surface area (Å²) >= 11 is 0. The number of nitrogens with zero attached hydrogens (tertiary/aromatic N) is 1. The Morgan fingerprint density at radius 3 is 2.66 bits per heavy atom.